The van der Waals surface area contributed by atoms with Crippen molar-refractivity contribution in [2.75, 3.05) is 11.9 Å². The molecule has 9 heteroatoms. The maximum Gasteiger partial charge on any atom is 0.324 e. The van der Waals surface area contributed by atoms with Gasteiger partial charge in [-0.05, 0) is 38.1 Å². The Hall–Kier alpha value is -2.78. The number of rotatable bonds is 7. The number of aryl methyl sites for hydroxylation is 1. The van der Waals surface area contributed by atoms with E-state index in [1.54, 1.807) is 12.1 Å². The van der Waals surface area contributed by atoms with Crippen LogP contribution < -0.4 is 10.0 Å². The first-order valence-corrected chi connectivity index (χ1v) is 9.47. The number of benzene rings is 2. The Labute approximate surface area is 156 Å². The summed E-state index contributed by atoms with van der Waals surface area (Å²) in [7, 11) is -3.91. The van der Waals surface area contributed by atoms with E-state index in [1.165, 1.54) is 43.3 Å². The van der Waals surface area contributed by atoms with Crippen molar-refractivity contribution < 1.29 is 27.1 Å². The normalized spacial score (nSPS) is 12.3. The third-order valence-electron chi connectivity index (χ3n) is 3.51. The van der Waals surface area contributed by atoms with E-state index >= 15 is 0 Å². The van der Waals surface area contributed by atoms with Gasteiger partial charge in [0.2, 0.25) is 10.0 Å². The van der Waals surface area contributed by atoms with Gasteiger partial charge < -0.3 is 10.1 Å². The van der Waals surface area contributed by atoms with Crippen molar-refractivity contribution in [1.29, 1.82) is 0 Å². The molecule has 0 heterocycles. The Bertz CT molecular complexity index is 929. The molecule has 27 heavy (non-hydrogen) atoms. The highest BCUT2D eigenvalue weighted by molar-refractivity contribution is 7.89. The number of sulfonamides is 1. The van der Waals surface area contributed by atoms with Crippen LogP contribution in [0, 0.1) is 12.7 Å². The first-order valence-electron chi connectivity index (χ1n) is 7.99. The number of halogens is 1. The van der Waals surface area contributed by atoms with Crippen molar-refractivity contribution in [2.45, 2.75) is 24.8 Å². The van der Waals surface area contributed by atoms with Crippen LogP contribution in [0.3, 0.4) is 0 Å². The van der Waals surface area contributed by atoms with Gasteiger partial charge in [0.05, 0.1) is 10.6 Å². The van der Waals surface area contributed by atoms with E-state index in [1.807, 2.05) is 6.92 Å². The molecule has 0 unspecified atom stereocenters. The first-order chi connectivity index (χ1) is 12.7. The third-order valence-corrected chi connectivity index (χ3v) is 5.07. The summed E-state index contributed by atoms with van der Waals surface area (Å²) in [6.45, 7) is 2.43. The molecule has 0 aliphatic rings. The maximum absolute atomic E-state index is 13.4. The minimum atomic E-state index is -3.91. The van der Waals surface area contributed by atoms with Gasteiger partial charge in [-0.15, -0.1) is 0 Å². The molecule has 0 bridgehead atoms. The molecular weight excluding hydrogens is 375 g/mol. The summed E-state index contributed by atoms with van der Waals surface area (Å²) < 4.78 is 44.9. The molecule has 2 aromatic rings. The van der Waals surface area contributed by atoms with Crippen LogP contribution in [0.4, 0.5) is 10.1 Å². The predicted molar refractivity (Wildman–Crippen MR) is 97.0 cm³/mol. The largest absolute Gasteiger partial charge is 0.454 e. The van der Waals surface area contributed by atoms with Crippen LogP contribution in [0.25, 0.3) is 0 Å². The summed E-state index contributed by atoms with van der Waals surface area (Å²) in [5, 5.41) is 2.25. The number of amides is 1. The molecule has 0 radical (unpaired) electrons. The Balaban J connectivity index is 1.89. The van der Waals surface area contributed by atoms with Crippen LogP contribution >= 0.6 is 0 Å². The molecule has 0 spiro atoms. The van der Waals surface area contributed by atoms with Gasteiger partial charge in [-0.3, -0.25) is 9.59 Å². The first kappa shape index (κ1) is 20.5. The standard InChI is InChI=1S/C18H19FN2O5S/c1-12-7-9-14(10-8-12)27(24,25)21-13(2)18(23)26-11-17(22)20-16-6-4-3-5-15(16)19/h3-10,13,21H,11H2,1-2H3,(H,20,22)/t13-/m0/s1. The third kappa shape index (κ3) is 5.87. The molecule has 0 aliphatic carbocycles. The van der Waals surface area contributed by atoms with Gasteiger partial charge in [-0.1, -0.05) is 29.8 Å². The highest BCUT2D eigenvalue weighted by Crippen LogP contribution is 2.12. The van der Waals surface area contributed by atoms with E-state index < -0.39 is 40.4 Å². The lowest BCUT2D eigenvalue weighted by molar-refractivity contribution is -0.148. The molecule has 7 nitrogen and oxygen atoms in total. The molecule has 2 aromatic carbocycles. The summed E-state index contributed by atoms with van der Waals surface area (Å²) in [6, 6.07) is 10.4. The van der Waals surface area contributed by atoms with Crippen LogP contribution in [0.5, 0.6) is 0 Å². The minimum absolute atomic E-state index is 0.00467. The van der Waals surface area contributed by atoms with E-state index in [0.29, 0.717) is 0 Å². The second-order valence-corrected chi connectivity index (χ2v) is 7.51. The van der Waals surface area contributed by atoms with Crippen LogP contribution in [0.2, 0.25) is 0 Å². The van der Waals surface area contributed by atoms with Crippen molar-refractivity contribution in [2.24, 2.45) is 0 Å². The van der Waals surface area contributed by atoms with Gasteiger partial charge in [-0.25, -0.2) is 12.8 Å². The number of hydrogen-bond acceptors (Lipinski definition) is 5. The topological polar surface area (TPSA) is 102 Å². The Morgan fingerprint density at radius 1 is 1.11 bits per heavy atom. The number of anilines is 1. The fourth-order valence-corrected chi connectivity index (χ4v) is 3.27. The fraction of sp³-hybridized carbons (Fsp3) is 0.222. The Kier molecular flexibility index (Phi) is 6.65. The van der Waals surface area contributed by atoms with E-state index in [-0.39, 0.29) is 10.6 Å². The van der Waals surface area contributed by atoms with Gasteiger partial charge >= 0.3 is 5.97 Å². The zero-order valence-electron chi connectivity index (χ0n) is 14.7. The van der Waals surface area contributed by atoms with Gasteiger partial charge in [0.1, 0.15) is 11.9 Å². The zero-order valence-corrected chi connectivity index (χ0v) is 15.5. The highest BCUT2D eigenvalue weighted by Gasteiger charge is 2.23. The number of esters is 1. The highest BCUT2D eigenvalue weighted by atomic mass is 32.2. The fourth-order valence-electron chi connectivity index (χ4n) is 2.08. The molecule has 2 rings (SSSR count). The van der Waals surface area contributed by atoms with E-state index in [9.17, 15) is 22.4 Å². The quantitative estimate of drug-likeness (QED) is 0.700. The number of carbonyl (C=O) groups excluding carboxylic acids is 2. The molecule has 1 amide bonds. The average molecular weight is 394 g/mol. The number of carbonyl (C=O) groups is 2. The average Bonchev–Trinajstić information content (AvgIpc) is 2.61. The smallest absolute Gasteiger partial charge is 0.324 e. The second kappa shape index (κ2) is 8.74. The van der Waals surface area contributed by atoms with Crippen molar-refractivity contribution in [1.82, 2.24) is 4.72 Å². The predicted octanol–water partition coefficient (Wildman–Crippen LogP) is 1.98. The molecule has 144 valence electrons. The molecule has 2 N–H and O–H groups in total. The van der Waals surface area contributed by atoms with Crippen LogP contribution in [0.15, 0.2) is 53.4 Å². The van der Waals surface area contributed by atoms with Crippen molar-refractivity contribution >= 4 is 27.6 Å². The Morgan fingerprint density at radius 3 is 2.37 bits per heavy atom. The van der Waals surface area contributed by atoms with Crippen LogP contribution in [0.1, 0.15) is 12.5 Å². The summed E-state index contributed by atoms with van der Waals surface area (Å²) >= 11 is 0. The lowest BCUT2D eigenvalue weighted by Gasteiger charge is -2.14. The molecular formula is C18H19FN2O5S. The molecule has 0 saturated heterocycles. The van der Waals surface area contributed by atoms with E-state index in [0.717, 1.165) is 5.56 Å². The van der Waals surface area contributed by atoms with Crippen LogP contribution in [-0.4, -0.2) is 32.9 Å². The van der Waals surface area contributed by atoms with E-state index in [4.69, 9.17) is 4.74 Å². The SMILES string of the molecule is Cc1ccc(S(=O)(=O)N[C@@H](C)C(=O)OCC(=O)Nc2ccccc2F)cc1. The van der Waals surface area contributed by atoms with Gasteiger partial charge in [0.25, 0.3) is 5.91 Å². The van der Waals surface area contributed by atoms with Crippen molar-refractivity contribution in [3.63, 3.8) is 0 Å². The lowest BCUT2D eigenvalue weighted by atomic mass is 10.2. The summed E-state index contributed by atoms with van der Waals surface area (Å²) in [6.07, 6.45) is 0. The monoisotopic (exact) mass is 394 g/mol. The zero-order chi connectivity index (χ0) is 20.0. The number of para-hydroxylation sites is 1. The van der Waals surface area contributed by atoms with E-state index in [2.05, 4.69) is 10.0 Å². The summed E-state index contributed by atoms with van der Waals surface area (Å²) in [4.78, 5) is 23.7. The van der Waals surface area contributed by atoms with Crippen LogP contribution in [-0.2, 0) is 24.3 Å². The number of hydrogen-bond donors (Lipinski definition) is 2. The molecule has 0 fully saturated rings. The Morgan fingerprint density at radius 2 is 1.74 bits per heavy atom. The number of ether oxygens (including phenoxy) is 1. The molecule has 1 atom stereocenters. The van der Waals surface area contributed by atoms with Gasteiger partial charge in [-0.2, -0.15) is 4.72 Å². The van der Waals surface area contributed by atoms with Gasteiger partial charge in [0.15, 0.2) is 6.61 Å². The minimum Gasteiger partial charge on any atom is -0.454 e. The summed E-state index contributed by atoms with van der Waals surface area (Å²) in [5.74, 6) is -2.31. The second-order valence-electron chi connectivity index (χ2n) is 5.79. The lowest BCUT2D eigenvalue weighted by Crippen LogP contribution is -2.40. The summed E-state index contributed by atoms with van der Waals surface area (Å²) in [5.41, 5.74) is 0.842. The molecule has 0 aliphatic heterocycles. The molecule has 0 saturated carbocycles. The van der Waals surface area contributed by atoms with Gasteiger partial charge in [0, 0.05) is 0 Å². The van der Waals surface area contributed by atoms with Crippen molar-refractivity contribution in [3.05, 3.63) is 59.9 Å². The maximum atomic E-state index is 13.4. The molecule has 0 aromatic heterocycles. The number of nitrogens with one attached hydrogen (secondary N) is 2. The van der Waals surface area contributed by atoms with Crippen molar-refractivity contribution in [3.8, 4) is 0 Å².